The van der Waals surface area contributed by atoms with E-state index in [9.17, 15) is 9.59 Å². The van der Waals surface area contributed by atoms with Gasteiger partial charge in [-0.3, -0.25) is 9.59 Å². The van der Waals surface area contributed by atoms with Crippen LogP contribution in [0.5, 0.6) is 0 Å². The smallest absolute Gasteiger partial charge is 0.296 e. The van der Waals surface area contributed by atoms with Crippen molar-refractivity contribution in [3.8, 4) is 0 Å². The molecule has 25 heavy (non-hydrogen) atoms. The Morgan fingerprint density at radius 2 is 2.00 bits per heavy atom. The maximum atomic E-state index is 12.1. The maximum absolute atomic E-state index is 12.1. The van der Waals surface area contributed by atoms with Crippen molar-refractivity contribution in [1.29, 1.82) is 0 Å². The normalized spacial score (nSPS) is 11.2. The van der Waals surface area contributed by atoms with Crippen LogP contribution in [0.1, 0.15) is 31.0 Å². The molecular weight excluding hydrogens is 358 g/mol. The SMILES string of the molecule is Cc1nnc2sc(SCC(=O)Nc3ccc(C(C)C)cc3)nn2c1=O. The molecule has 0 aliphatic rings. The number of aromatic nitrogens is 4. The van der Waals surface area contributed by atoms with Gasteiger partial charge in [-0.1, -0.05) is 49.1 Å². The highest BCUT2D eigenvalue weighted by atomic mass is 32.2. The number of hydrogen-bond donors (Lipinski definition) is 1. The molecule has 130 valence electrons. The Hall–Kier alpha value is -2.26. The van der Waals surface area contributed by atoms with Crippen LogP contribution in [0.25, 0.3) is 4.96 Å². The fourth-order valence-electron chi connectivity index (χ4n) is 2.11. The number of rotatable bonds is 5. The summed E-state index contributed by atoms with van der Waals surface area (Å²) in [7, 11) is 0. The average Bonchev–Trinajstić information content (AvgIpc) is 3.01. The van der Waals surface area contributed by atoms with E-state index in [0.29, 0.717) is 20.9 Å². The van der Waals surface area contributed by atoms with E-state index in [0.717, 1.165) is 5.69 Å². The number of carbonyl (C=O) groups excluding carboxylic acids is 1. The zero-order valence-electron chi connectivity index (χ0n) is 14.0. The van der Waals surface area contributed by atoms with Gasteiger partial charge < -0.3 is 5.32 Å². The molecule has 0 saturated heterocycles. The van der Waals surface area contributed by atoms with Gasteiger partial charge in [0.2, 0.25) is 10.9 Å². The summed E-state index contributed by atoms with van der Waals surface area (Å²) in [6.07, 6.45) is 0. The number of carbonyl (C=O) groups is 1. The van der Waals surface area contributed by atoms with Crippen LogP contribution in [-0.2, 0) is 4.79 Å². The second-order valence-electron chi connectivity index (χ2n) is 5.77. The number of benzene rings is 1. The molecular formula is C16H17N5O2S2. The van der Waals surface area contributed by atoms with E-state index in [-0.39, 0.29) is 17.2 Å². The Morgan fingerprint density at radius 1 is 1.28 bits per heavy atom. The van der Waals surface area contributed by atoms with Crippen molar-refractivity contribution in [1.82, 2.24) is 19.8 Å². The first-order chi connectivity index (χ1) is 11.9. The Morgan fingerprint density at radius 3 is 2.68 bits per heavy atom. The number of fused-ring (bicyclic) bond motifs is 1. The highest BCUT2D eigenvalue weighted by Gasteiger charge is 2.12. The standard InChI is InChI=1S/C16H17N5O2S2/c1-9(2)11-4-6-12(7-5-11)17-13(22)8-24-16-20-21-14(23)10(3)18-19-15(21)25-16/h4-7,9H,8H2,1-3H3,(H,17,22). The van der Waals surface area contributed by atoms with Crippen LogP contribution in [0.3, 0.4) is 0 Å². The predicted octanol–water partition coefficient (Wildman–Crippen LogP) is 2.71. The molecule has 3 rings (SSSR count). The topological polar surface area (TPSA) is 89.2 Å². The molecule has 1 aromatic carbocycles. The molecule has 0 fully saturated rings. The fourth-order valence-corrected chi connectivity index (χ4v) is 3.78. The van der Waals surface area contributed by atoms with Crippen LogP contribution < -0.4 is 10.9 Å². The van der Waals surface area contributed by atoms with Gasteiger partial charge in [0.1, 0.15) is 5.69 Å². The minimum Gasteiger partial charge on any atom is -0.325 e. The second kappa shape index (κ2) is 7.32. The first-order valence-electron chi connectivity index (χ1n) is 7.70. The number of amides is 1. The van der Waals surface area contributed by atoms with E-state index in [1.807, 2.05) is 24.3 Å². The highest BCUT2D eigenvalue weighted by Crippen LogP contribution is 2.23. The highest BCUT2D eigenvalue weighted by molar-refractivity contribution is 8.01. The monoisotopic (exact) mass is 375 g/mol. The Bertz CT molecular complexity index is 963. The zero-order chi connectivity index (χ0) is 18.0. The molecule has 0 aliphatic carbocycles. The lowest BCUT2D eigenvalue weighted by molar-refractivity contribution is -0.113. The second-order valence-corrected chi connectivity index (χ2v) is 7.94. The van der Waals surface area contributed by atoms with Gasteiger partial charge in [0, 0.05) is 5.69 Å². The summed E-state index contributed by atoms with van der Waals surface area (Å²) in [6.45, 7) is 5.84. The van der Waals surface area contributed by atoms with Crippen molar-refractivity contribution in [3.05, 3.63) is 45.9 Å². The fraction of sp³-hybridized carbons (Fsp3) is 0.312. The van der Waals surface area contributed by atoms with Crippen LogP contribution in [0, 0.1) is 6.92 Å². The lowest BCUT2D eigenvalue weighted by atomic mass is 10.0. The number of hydrogen-bond acceptors (Lipinski definition) is 7. The number of nitrogens with zero attached hydrogens (tertiary/aromatic N) is 4. The Balaban J connectivity index is 1.62. The first kappa shape index (κ1) is 17.6. The molecule has 0 spiro atoms. The molecule has 0 atom stereocenters. The number of nitrogens with one attached hydrogen (secondary N) is 1. The van der Waals surface area contributed by atoms with Crippen LogP contribution in [0.4, 0.5) is 5.69 Å². The molecule has 0 aliphatic heterocycles. The summed E-state index contributed by atoms with van der Waals surface area (Å²) in [5.74, 6) is 0.526. The van der Waals surface area contributed by atoms with E-state index in [4.69, 9.17) is 0 Å². The third-order valence-corrected chi connectivity index (χ3v) is 5.55. The maximum Gasteiger partial charge on any atom is 0.296 e. The molecule has 9 heteroatoms. The molecule has 2 heterocycles. The average molecular weight is 375 g/mol. The molecule has 3 aromatic rings. The van der Waals surface area contributed by atoms with Crippen LogP contribution in [0.15, 0.2) is 33.4 Å². The number of anilines is 1. The minimum atomic E-state index is -0.289. The van der Waals surface area contributed by atoms with Gasteiger partial charge in [-0.2, -0.15) is 4.52 Å². The third kappa shape index (κ3) is 4.05. The van der Waals surface area contributed by atoms with E-state index in [1.165, 1.54) is 33.2 Å². The lowest BCUT2D eigenvalue weighted by Gasteiger charge is -2.08. The molecule has 0 radical (unpaired) electrons. The summed E-state index contributed by atoms with van der Waals surface area (Å²) in [5, 5.41) is 14.8. The van der Waals surface area contributed by atoms with Crippen molar-refractivity contribution in [3.63, 3.8) is 0 Å². The Labute approximate surface area is 152 Å². The van der Waals surface area contributed by atoms with E-state index in [1.54, 1.807) is 6.92 Å². The summed E-state index contributed by atoms with van der Waals surface area (Å²) >= 11 is 2.50. The molecule has 7 nitrogen and oxygen atoms in total. The molecule has 2 aromatic heterocycles. The Kier molecular flexibility index (Phi) is 5.14. The summed E-state index contributed by atoms with van der Waals surface area (Å²) in [6, 6.07) is 7.81. The number of thioether (sulfide) groups is 1. The van der Waals surface area contributed by atoms with Gasteiger partial charge in [0.25, 0.3) is 5.56 Å². The molecule has 0 unspecified atom stereocenters. The quantitative estimate of drug-likeness (QED) is 0.690. The van der Waals surface area contributed by atoms with Crippen molar-refractivity contribution >= 4 is 39.7 Å². The van der Waals surface area contributed by atoms with Crippen molar-refractivity contribution in [2.45, 2.75) is 31.0 Å². The van der Waals surface area contributed by atoms with Crippen molar-refractivity contribution in [2.75, 3.05) is 11.1 Å². The van der Waals surface area contributed by atoms with Gasteiger partial charge in [0.05, 0.1) is 5.75 Å². The van der Waals surface area contributed by atoms with Gasteiger partial charge in [-0.25, -0.2) is 0 Å². The number of aryl methyl sites for hydroxylation is 1. The molecule has 0 bridgehead atoms. The lowest BCUT2D eigenvalue weighted by Crippen LogP contribution is -2.19. The summed E-state index contributed by atoms with van der Waals surface area (Å²) < 4.78 is 1.82. The first-order valence-corrected chi connectivity index (χ1v) is 9.50. The van der Waals surface area contributed by atoms with E-state index in [2.05, 4.69) is 34.5 Å². The van der Waals surface area contributed by atoms with Crippen molar-refractivity contribution < 1.29 is 4.79 Å². The minimum absolute atomic E-state index is 0.129. The van der Waals surface area contributed by atoms with Gasteiger partial charge in [-0.15, -0.1) is 15.3 Å². The van der Waals surface area contributed by atoms with Gasteiger partial charge in [0.15, 0.2) is 4.34 Å². The van der Waals surface area contributed by atoms with Crippen LogP contribution in [0.2, 0.25) is 0 Å². The van der Waals surface area contributed by atoms with Crippen LogP contribution in [-0.4, -0.2) is 31.5 Å². The van der Waals surface area contributed by atoms with E-state index < -0.39 is 0 Å². The summed E-state index contributed by atoms with van der Waals surface area (Å²) in [5.41, 5.74) is 1.99. The molecule has 0 saturated carbocycles. The predicted molar refractivity (Wildman–Crippen MR) is 99.6 cm³/mol. The molecule has 1 amide bonds. The van der Waals surface area contributed by atoms with Crippen LogP contribution >= 0.6 is 23.1 Å². The van der Waals surface area contributed by atoms with Gasteiger partial charge in [-0.05, 0) is 30.5 Å². The summed E-state index contributed by atoms with van der Waals surface area (Å²) in [4.78, 5) is 24.4. The third-order valence-electron chi connectivity index (χ3n) is 3.52. The van der Waals surface area contributed by atoms with Crippen molar-refractivity contribution in [2.24, 2.45) is 0 Å². The van der Waals surface area contributed by atoms with Gasteiger partial charge >= 0.3 is 0 Å². The largest absolute Gasteiger partial charge is 0.325 e. The van der Waals surface area contributed by atoms with E-state index >= 15 is 0 Å². The zero-order valence-corrected chi connectivity index (χ0v) is 15.6. The molecule has 1 N–H and O–H groups in total.